The summed E-state index contributed by atoms with van der Waals surface area (Å²) in [5.41, 5.74) is 11.2. The van der Waals surface area contributed by atoms with Crippen LogP contribution in [-0.2, 0) is 6.42 Å². The summed E-state index contributed by atoms with van der Waals surface area (Å²) in [5, 5.41) is 3.25. The normalized spacial score (nSPS) is 12.3. The molecule has 6 aromatic rings. The van der Waals surface area contributed by atoms with Crippen LogP contribution in [0.4, 0.5) is 0 Å². The first-order valence-corrected chi connectivity index (χ1v) is 13.3. The van der Waals surface area contributed by atoms with Crippen molar-refractivity contribution in [1.82, 2.24) is 9.97 Å². The Bertz CT molecular complexity index is 1760. The molecule has 0 atom stereocenters. The summed E-state index contributed by atoms with van der Waals surface area (Å²) < 4.78 is 7.73. The van der Waals surface area contributed by atoms with Crippen LogP contribution in [0.3, 0.4) is 0 Å². The molecular formula is C32H30N2OS. The fourth-order valence-corrected chi connectivity index (χ4v) is 6.20. The maximum atomic E-state index is 6.57. The first-order chi connectivity index (χ1) is 17.2. The lowest BCUT2D eigenvalue weighted by Gasteiger charge is -2.22. The zero-order chi connectivity index (χ0) is 25.2. The van der Waals surface area contributed by atoms with Gasteiger partial charge in [0.25, 0.3) is 0 Å². The maximum absolute atomic E-state index is 6.57. The second kappa shape index (κ2) is 8.28. The van der Waals surface area contributed by atoms with E-state index in [1.807, 2.05) is 6.92 Å². The Morgan fingerprint density at radius 2 is 1.56 bits per heavy atom. The second-order valence-electron chi connectivity index (χ2n) is 11.0. The number of furan rings is 1. The standard InChI is InChI=1S/C32H30N2OS/c1-18-9-7-10-19(2)28(18)25-15-26(33-17-21(25)16-32(4,5)6)24-12-8-11-22-23-13-14-27-29(34-20(3)36-27)31(23)35-30(22)24/h7-15,17H,16H2,1-6H3. The molecule has 0 aliphatic carbocycles. The van der Waals surface area contributed by atoms with Crippen molar-refractivity contribution in [2.45, 2.75) is 48.0 Å². The average Bonchev–Trinajstić information content (AvgIpc) is 3.38. The van der Waals surface area contributed by atoms with E-state index in [0.717, 1.165) is 54.8 Å². The minimum absolute atomic E-state index is 0.157. The number of para-hydroxylation sites is 1. The van der Waals surface area contributed by atoms with Crippen LogP contribution in [0.15, 0.2) is 65.2 Å². The minimum atomic E-state index is 0.157. The number of hydrogen-bond acceptors (Lipinski definition) is 4. The van der Waals surface area contributed by atoms with Gasteiger partial charge >= 0.3 is 0 Å². The van der Waals surface area contributed by atoms with Crippen molar-refractivity contribution in [1.29, 1.82) is 0 Å². The minimum Gasteiger partial charge on any atom is -0.453 e. The van der Waals surface area contributed by atoms with Gasteiger partial charge in [0.2, 0.25) is 0 Å². The molecule has 0 saturated carbocycles. The van der Waals surface area contributed by atoms with Gasteiger partial charge in [-0.1, -0.05) is 51.1 Å². The van der Waals surface area contributed by atoms with Gasteiger partial charge in [0.1, 0.15) is 11.1 Å². The number of aryl methyl sites for hydroxylation is 3. The van der Waals surface area contributed by atoms with Crippen LogP contribution in [0.25, 0.3) is 54.5 Å². The zero-order valence-electron chi connectivity index (χ0n) is 21.7. The third-order valence-corrected chi connectivity index (χ3v) is 7.80. The topological polar surface area (TPSA) is 38.9 Å². The van der Waals surface area contributed by atoms with Crippen molar-refractivity contribution >= 4 is 43.5 Å². The number of rotatable bonds is 3. The van der Waals surface area contributed by atoms with Crippen molar-refractivity contribution in [3.63, 3.8) is 0 Å². The second-order valence-corrected chi connectivity index (χ2v) is 12.3. The number of fused-ring (bicyclic) bond motifs is 5. The van der Waals surface area contributed by atoms with Crippen LogP contribution >= 0.6 is 11.3 Å². The fraction of sp³-hybridized carbons (Fsp3) is 0.250. The molecule has 3 aromatic heterocycles. The van der Waals surface area contributed by atoms with Crippen molar-refractivity contribution in [2.75, 3.05) is 0 Å². The van der Waals surface area contributed by atoms with E-state index in [9.17, 15) is 0 Å². The first-order valence-electron chi connectivity index (χ1n) is 12.5. The fourth-order valence-electron chi connectivity index (χ4n) is 5.37. The van der Waals surface area contributed by atoms with Crippen LogP contribution in [0.5, 0.6) is 0 Å². The smallest absolute Gasteiger partial charge is 0.162 e. The molecule has 6 rings (SSSR count). The highest BCUT2D eigenvalue weighted by Gasteiger charge is 2.21. The van der Waals surface area contributed by atoms with Gasteiger partial charge in [0.15, 0.2) is 5.58 Å². The van der Waals surface area contributed by atoms with Gasteiger partial charge in [-0.25, -0.2) is 4.98 Å². The Morgan fingerprint density at radius 3 is 2.31 bits per heavy atom. The van der Waals surface area contributed by atoms with Gasteiger partial charge in [-0.2, -0.15) is 0 Å². The third-order valence-electron chi connectivity index (χ3n) is 6.86. The van der Waals surface area contributed by atoms with Crippen LogP contribution < -0.4 is 0 Å². The van der Waals surface area contributed by atoms with Crippen LogP contribution in [0.1, 0.15) is 42.5 Å². The number of aromatic nitrogens is 2. The van der Waals surface area contributed by atoms with E-state index in [-0.39, 0.29) is 5.41 Å². The summed E-state index contributed by atoms with van der Waals surface area (Å²) in [5.74, 6) is 0. The van der Waals surface area contributed by atoms with Crippen molar-refractivity contribution in [3.8, 4) is 22.4 Å². The summed E-state index contributed by atoms with van der Waals surface area (Å²) in [7, 11) is 0. The Balaban J connectivity index is 1.61. The van der Waals surface area contributed by atoms with E-state index < -0.39 is 0 Å². The van der Waals surface area contributed by atoms with Crippen LogP contribution in [0, 0.1) is 26.2 Å². The lowest BCUT2D eigenvalue weighted by atomic mass is 9.83. The van der Waals surface area contributed by atoms with Crippen molar-refractivity contribution in [3.05, 3.63) is 82.5 Å². The predicted molar refractivity (Wildman–Crippen MR) is 153 cm³/mol. The molecule has 3 heterocycles. The molecule has 0 aliphatic heterocycles. The van der Waals surface area contributed by atoms with Gasteiger partial charge in [0.05, 0.1) is 15.4 Å². The zero-order valence-corrected chi connectivity index (χ0v) is 22.5. The lowest BCUT2D eigenvalue weighted by Crippen LogP contribution is -2.11. The summed E-state index contributed by atoms with van der Waals surface area (Å²) in [6, 6.07) is 19.5. The molecule has 0 unspecified atom stereocenters. The molecule has 180 valence electrons. The summed E-state index contributed by atoms with van der Waals surface area (Å²) in [4.78, 5) is 9.76. The third kappa shape index (κ3) is 3.81. The Hall–Kier alpha value is -3.50. The monoisotopic (exact) mass is 490 g/mol. The van der Waals surface area contributed by atoms with Crippen molar-refractivity contribution in [2.24, 2.45) is 5.41 Å². The molecule has 36 heavy (non-hydrogen) atoms. The number of nitrogens with zero attached hydrogens (tertiary/aromatic N) is 2. The lowest BCUT2D eigenvalue weighted by molar-refractivity contribution is 0.411. The number of benzene rings is 3. The van der Waals surface area contributed by atoms with Gasteiger partial charge in [-0.3, -0.25) is 4.98 Å². The SMILES string of the molecule is Cc1nc2c(ccc3c4cccc(-c5cc(-c6c(C)cccc6C)c(CC(C)(C)C)cn5)c4oc32)s1. The highest BCUT2D eigenvalue weighted by atomic mass is 32.1. The molecule has 0 saturated heterocycles. The Kier molecular flexibility index (Phi) is 5.27. The van der Waals surface area contributed by atoms with Gasteiger partial charge < -0.3 is 4.42 Å². The molecule has 0 spiro atoms. The Morgan fingerprint density at radius 1 is 0.833 bits per heavy atom. The predicted octanol–water partition coefficient (Wildman–Crippen LogP) is 9.44. The molecule has 0 N–H and O–H groups in total. The van der Waals surface area contributed by atoms with Crippen LogP contribution in [-0.4, -0.2) is 9.97 Å². The molecule has 0 amide bonds. The summed E-state index contributed by atoms with van der Waals surface area (Å²) in [6.45, 7) is 13.3. The molecule has 0 bridgehead atoms. The number of pyridine rings is 1. The van der Waals surface area contributed by atoms with E-state index in [1.165, 1.54) is 27.8 Å². The molecule has 0 fully saturated rings. The molecular weight excluding hydrogens is 460 g/mol. The molecule has 0 aliphatic rings. The molecule has 3 aromatic carbocycles. The maximum Gasteiger partial charge on any atom is 0.162 e. The molecule has 0 radical (unpaired) electrons. The molecule has 3 nitrogen and oxygen atoms in total. The van der Waals surface area contributed by atoms with Crippen molar-refractivity contribution < 1.29 is 4.42 Å². The number of thiazole rings is 1. The largest absolute Gasteiger partial charge is 0.453 e. The highest BCUT2D eigenvalue weighted by molar-refractivity contribution is 7.18. The van der Waals surface area contributed by atoms with E-state index in [2.05, 4.69) is 95.4 Å². The van der Waals surface area contributed by atoms with Gasteiger partial charge in [0, 0.05) is 22.5 Å². The van der Waals surface area contributed by atoms with E-state index in [0.29, 0.717) is 0 Å². The van der Waals surface area contributed by atoms with Crippen LogP contribution in [0.2, 0.25) is 0 Å². The first kappa shape index (κ1) is 22.9. The van der Waals surface area contributed by atoms with E-state index in [1.54, 1.807) is 11.3 Å². The molecule has 4 heteroatoms. The highest BCUT2D eigenvalue weighted by Crippen LogP contribution is 2.41. The van der Waals surface area contributed by atoms with E-state index in [4.69, 9.17) is 14.4 Å². The quantitative estimate of drug-likeness (QED) is 0.248. The summed E-state index contributed by atoms with van der Waals surface area (Å²) >= 11 is 1.70. The average molecular weight is 491 g/mol. The number of hydrogen-bond donors (Lipinski definition) is 0. The summed E-state index contributed by atoms with van der Waals surface area (Å²) in [6.07, 6.45) is 3.03. The van der Waals surface area contributed by atoms with Gasteiger partial charge in [-0.15, -0.1) is 11.3 Å². The Labute approximate surface area is 215 Å². The van der Waals surface area contributed by atoms with Gasteiger partial charge in [-0.05, 0) is 84.7 Å². The van der Waals surface area contributed by atoms with E-state index >= 15 is 0 Å².